The van der Waals surface area contributed by atoms with E-state index in [-0.39, 0.29) is 23.4 Å². The second kappa shape index (κ2) is 7.15. The molecule has 6 N–H and O–H groups in total. The van der Waals surface area contributed by atoms with Crippen LogP contribution in [0.3, 0.4) is 0 Å². The highest BCUT2D eigenvalue weighted by molar-refractivity contribution is 7.99. The Bertz CT molecular complexity index is 689. The maximum absolute atomic E-state index is 11.0. The van der Waals surface area contributed by atoms with Gasteiger partial charge in [-0.3, -0.25) is 4.79 Å². The lowest BCUT2D eigenvalue weighted by Crippen LogP contribution is -2.33. The molecule has 0 bridgehead atoms. The van der Waals surface area contributed by atoms with Crippen LogP contribution in [0.5, 0.6) is 5.75 Å². The molecule has 0 spiro atoms. The predicted octanol–water partition coefficient (Wildman–Crippen LogP) is 1.80. The molecule has 0 fully saturated rings. The molecule has 0 unspecified atom stereocenters. The molecule has 3 atom stereocenters. The van der Waals surface area contributed by atoms with Crippen LogP contribution in [-0.4, -0.2) is 44.8 Å². The number of nitrogens with two attached hydrogens (primary N) is 1. The Balaban J connectivity index is 2.55. The van der Waals surface area contributed by atoms with Crippen molar-refractivity contribution in [2.45, 2.75) is 51.5 Å². The molecule has 2 rings (SSSR count). The number of hydrogen-bond acceptors (Lipinski definition) is 6. The molecule has 1 aromatic rings. The Morgan fingerprint density at radius 1 is 1.28 bits per heavy atom. The largest absolute Gasteiger partial charge is 0.507 e. The maximum Gasteiger partial charge on any atom is 0.321 e. The normalized spacial score (nSPS) is 22.7. The summed E-state index contributed by atoms with van der Waals surface area (Å²) in [6, 6.07) is -1.00. The Hall–Kier alpha value is -1.28. The summed E-state index contributed by atoms with van der Waals surface area (Å²) in [4.78, 5) is 11.0. The molecule has 1 aliphatic carbocycles. The van der Waals surface area contributed by atoms with Crippen LogP contribution in [0, 0.1) is 19.3 Å². The monoisotopic (exact) mass is 369 g/mol. The van der Waals surface area contributed by atoms with Gasteiger partial charge in [0.25, 0.3) is 0 Å². The molecule has 7 heteroatoms. The molecule has 0 aliphatic heterocycles. The summed E-state index contributed by atoms with van der Waals surface area (Å²) < 4.78 is 0. The number of carboxylic acid groups (broad SMARTS) is 1. The van der Waals surface area contributed by atoms with Crippen LogP contribution in [-0.2, 0) is 11.2 Å². The van der Waals surface area contributed by atoms with E-state index in [0.29, 0.717) is 23.1 Å². The number of fused-ring (bicyclic) bond motifs is 1. The summed E-state index contributed by atoms with van der Waals surface area (Å²) >= 11 is 1.35. The van der Waals surface area contributed by atoms with Crippen molar-refractivity contribution in [2.75, 3.05) is 12.4 Å². The molecule has 0 aromatic heterocycles. The van der Waals surface area contributed by atoms with Crippen molar-refractivity contribution in [2.24, 2.45) is 11.1 Å². The quantitative estimate of drug-likeness (QED) is 0.518. The number of hydrogen-bond donors (Lipinski definition) is 5. The van der Waals surface area contributed by atoms with Gasteiger partial charge in [-0.05, 0) is 42.5 Å². The fourth-order valence-corrected chi connectivity index (χ4v) is 5.19. The highest BCUT2D eigenvalue weighted by Crippen LogP contribution is 2.62. The van der Waals surface area contributed by atoms with E-state index in [2.05, 4.69) is 0 Å². The number of aliphatic hydroxyl groups excluding tert-OH is 2. The molecular weight excluding hydrogens is 342 g/mol. The number of rotatable bonds is 6. The first-order valence-electron chi connectivity index (χ1n) is 8.29. The van der Waals surface area contributed by atoms with Crippen molar-refractivity contribution < 1.29 is 25.2 Å². The van der Waals surface area contributed by atoms with E-state index in [1.807, 2.05) is 20.8 Å². The van der Waals surface area contributed by atoms with Gasteiger partial charge in [-0.1, -0.05) is 13.8 Å². The Morgan fingerprint density at radius 3 is 2.40 bits per heavy atom. The number of carbonyl (C=O) groups is 1. The molecule has 0 amide bonds. The molecule has 6 nitrogen and oxygen atoms in total. The lowest BCUT2D eigenvalue weighted by atomic mass is 9.86. The smallest absolute Gasteiger partial charge is 0.321 e. The highest BCUT2D eigenvalue weighted by atomic mass is 32.2. The van der Waals surface area contributed by atoms with Crippen LogP contribution >= 0.6 is 11.8 Å². The van der Waals surface area contributed by atoms with Crippen molar-refractivity contribution >= 4 is 17.7 Å². The van der Waals surface area contributed by atoms with Crippen LogP contribution in [0.25, 0.3) is 0 Å². The van der Waals surface area contributed by atoms with Gasteiger partial charge in [0.15, 0.2) is 0 Å². The number of aromatic hydroxyl groups is 1. The number of thioether (sulfide) groups is 1. The maximum atomic E-state index is 11.0. The molecule has 25 heavy (non-hydrogen) atoms. The second-order valence-corrected chi connectivity index (χ2v) is 8.40. The molecule has 0 saturated carbocycles. The number of benzene rings is 1. The molecular formula is C18H27NO5S. The lowest BCUT2D eigenvalue weighted by Gasteiger charge is -2.30. The fourth-order valence-electron chi connectivity index (χ4n) is 3.68. The second-order valence-electron chi connectivity index (χ2n) is 7.26. The number of phenols is 1. The zero-order chi connectivity index (χ0) is 19.1. The average molecular weight is 369 g/mol. The summed E-state index contributed by atoms with van der Waals surface area (Å²) in [5.74, 6) is -0.764. The molecule has 0 radical (unpaired) electrons. The molecule has 0 heterocycles. The van der Waals surface area contributed by atoms with Crippen LogP contribution in [0.4, 0.5) is 0 Å². The van der Waals surface area contributed by atoms with Gasteiger partial charge in [0.05, 0.1) is 6.10 Å². The van der Waals surface area contributed by atoms with Crippen molar-refractivity contribution in [1.82, 2.24) is 0 Å². The zero-order valence-corrected chi connectivity index (χ0v) is 15.9. The third-order valence-corrected chi connectivity index (χ3v) is 6.98. The van der Waals surface area contributed by atoms with Gasteiger partial charge in [0.1, 0.15) is 11.8 Å². The van der Waals surface area contributed by atoms with Crippen LogP contribution in [0.2, 0.25) is 0 Å². The highest BCUT2D eigenvalue weighted by Gasteiger charge is 2.49. The summed E-state index contributed by atoms with van der Waals surface area (Å²) in [6.07, 6.45) is -0.377. The number of phenolic OH excluding ortho intramolecular Hbond substituents is 1. The van der Waals surface area contributed by atoms with E-state index >= 15 is 0 Å². The SMILES string of the molecule is Cc1c(O)c2c(c(C)c1CCO)[C@H](O)C(C)(C)[C@H]2SC[C@H](N)C(=O)O. The van der Waals surface area contributed by atoms with Gasteiger partial charge in [0, 0.05) is 28.6 Å². The third kappa shape index (κ3) is 3.26. The Kier molecular flexibility index (Phi) is 5.73. The van der Waals surface area contributed by atoms with Gasteiger partial charge in [-0.25, -0.2) is 0 Å². The van der Waals surface area contributed by atoms with Crippen molar-refractivity contribution in [3.8, 4) is 5.75 Å². The number of carboxylic acids is 1. The van der Waals surface area contributed by atoms with E-state index in [1.165, 1.54) is 11.8 Å². The van der Waals surface area contributed by atoms with Crippen LogP contribution < -0.4 is 5.73 Å². The Morgan fingerprint density at radius 2 is 1.88 bits per heavy atom. The van der Waals surface area contributed by atoms with Gasteiger partial charge >= 0.3 is 5.97 Å². The van der Waals surface area contributed by atoms with E-state index in [9.17, 15) is 20.1 Å². The van der Waals surface area contributed by atoms with Crippen molar-refractivity contribution in [3.63, 3.8) is 0 Å². The summed E-state index contributed by atoms with van der Waals surface area (Å²) in [7, 11) is 0. The van der Waals surface area contributed by atoms with E-state index in [1.54, 1.807) is 6.92 Å². The minimum atomic E-state index is -1.07. The molecule has 1 aliphatic rings. The number of aliphatic carboxylic acids is 1. The lowest BCUT2D eigenvalue weighted by molar-refractivity contribution is -0.137. The topological polar surface area (TPSA) is 124 Å². The first-order valence-corrected chi connectivity index (χ1v) is 9.34. The van der Waals surface area contributed by atoms with Gasteiger partial charge in [-0.2, -0.15) is 11.8 Å². The van der Waals surface area contributed by atoms with E-state index < -0.39 is 23.5 Å². The van der Waals surface area contributed by atoms with Gasteiger partial charge in [-0.15, -0.1) is 0 Å². The summed E-state index contributed by atoms with van der Waals surface area (Å²) in [5, 5.41) is 39.7. The van der Waals surface area contributed by atoms with Crippen LogP contribution in [0.1, 0.15) is 53.0 Å². The number of aliphatic hydroxyl groups is 2. The van der Waals surface area contributed by atoms with Gasteiger partial charge < -0.3 is 26.2 Å². The first kappa shape index (κ1) is 20.0. The summed E-state index contributed by atoms with van der Waals surface area (Å²) in [5.41, 5.74) is 8.82. The van der Waals surface area contributed by atoms with E-state index in [4.69, 9.17) is 10.8 Å². The Labute approximate surface area is 152 Å². The van der Waals surface area contributed by atoms with Crippen LogP contribution in [0.15, 0.2) is 0 Å². The van der Waals surface area contributed by atoms with Crippen molar-refractivity contribution in [3.05, 3.63) is 27.8 Å². The standard InChI is InChI=1S/C18H27NO5S/c1-8-10(5-6-20)9(2)14(21)13-12(8)15(22)18(3,4)16(13)25-7-11(19)17(23)24/h11,15-16,20-22H,5-7,19H2,1-4H3,(H,23,24)/t11-,15-,16-/m0/s1. The average Bonchev–Trinajstić information content (AvgIpc) is 2.74. The summed E-state index contributed by atoms with van der Waals surface area (Å²) in [6.45, 7) is 7.47. The molecule has 140 valence electrons. The zero-order valence-electron chi connectivity index (χ0n) is 15.0. The molecule has 0 saturated heterocycles. The minimum absolute atomic E-state index is 0.0367. The first-order chi connectivity index (χ1) is 11.6. The van der Waals surface area contributed by atoms with Gasteiger partial charge in [0.2, 0.25) is 0 Å². The predicted molar refractivity (Wildman–Crippen MR) is 97.9 cm³/mol. The third-order valence-electron chi connectivity index (χ3n) is 5.25. The molecule has 1 aromatic carbocycles. The minimum Gasteiger partial charge on any atom is -0.507 e. The fraction of sp³-hybridized carbons (Fsp3) is 0.611. The van der Waals surface area contributed by atoms with Crippen molar-refractivity contribution in [1.29, 1.82) is 0 Å². The van der Waals surface area contributed by atoms with E-state index in [0.717, 1.165) is 11.1 Å².